The first-order valence-corrected chi connectivity index (χ1v) is 10.3. The molecule has 0 unspecified atom stereocenters. The van der Waals surface area contributed by atoms with Gasteiger partial charge in [-0.15, -0.1) is 0 Å². The lowest BCUT2D eigenvalue weighted by Gasteiger charge is -2.11. The molecule has 4 rings (SSSR count). The van der Waals surface area contributed by atoms with Crippen molar-refractivity contribution in [2.75, 3.05) is 6.61 Å². The second kappa shape index (κ2) is 8.52. The predicted octanol–water partition coefficient (Wildman–Crippen LogP) is 6.49. The monoisotopic (exact) mass is 384 g/mol. The first-order chi connectivity index (χ1) is 14.1. The topological polar surface area (TPSA) is 27.1 Å². The highest BCUT2D eigenvalue weighted by Gasteiger charge is 2.12. The summed E-state index contributed by atoms with van der Waals surface area (Å²) < 4.78 is 8.33. The van der Waals surface area contributed by atoms with Gasteiger partial charge in [0, 0.05) is 12.1 Å². The van der Waals surface area contributed by atoms with Crippen LogP contribution in [0.3, 0.4) is 0 Å². The molecule has 0 amide bonds. The molecule has 4 aromatic rings. The first kappa shape index (κ1) is 19.3. The molecule has 0 fully saturated rings. The maximum Gasteiger partial charge on any atom is 0.141 e. The van der Waals surface area contributed by atoms with Crippen LogP contribution in [0.15, 0.2) is 66.7 Å². The molecule has 0 saturated heterocycles. The minimum absolute atomic E-state index is 0.731. The van der Waals surface area contributed by atoms with Gasteiger partial charge in [-0.1, -0.05) is 42.0 Å². The van der Waals surface area contributed by atoms with Crippen molar-refractivity contribution in [1.29, 1.82) is 0 Å². The van der Waals surface area contributed by atoms with Gasteiger partial charge in [-0.25, -0.2) is 4.98 Å². The third kappa shape index (κ3) is 4.51. The molecule has 3 nitrogen and oxygen atoms in total. The molecule has 29 heavy (non-hydrogen) atoms. The number of nitrogens with zero attached hydrogens (tertiary/aromatic N) is 2. The molecule has 1 heterocycles. The average molecular weight is 385 g/mol. The quantitative estimate of drug-likeness (QED) is 0.341. The van der Waals surface area contributed by atoms with Gasteiger partial charge in [-0.05, 0) is 75.1 Å². The maximum absolute atomic E-state index is 5.98. The lowest BCUT2D eigenvalue weighted by molar-refractivity contribution is 0.303. The third-order valence-corrected chi connectivity index (χ3v) is 5.17. The summed E-state index contributed by atoms with van der Waals surface area (Å²) in [5.74, 6) is 2.01. The van der Waals surface area contributed by atoms with Crippen molar-refractivity contribution in [2.24, 2.45) is 0 Å². The van der Waals surface area contributed by atoms with Gasteiger partial charge >= 0.3 is 0 Å². The Morgan fingerprint density at radius 1 is 0.793 bits per heavy atom. The highest BCUT2D eigenvalue weighted by molar-refractivity contribution is 5.80. The summed E-state index contributed by atoms with van der Waals surface area (Å²) in [7, 11) is 0. The Bertz CT molecular complexity index is 1110. The van der Waals surface area contributed by atoms with Crippen LogP contribution >= 0.6 is 0 Å². The Labute approximate surface area is 173 Å². The highest BCUT2D eigenvalue weighted by Crippen LogP contribution is 2.26. The van der Waals surface area contributed by atoms with E-state index in [4.69, 9.17) is 9.72 Å². The van der Waals surface area contributed by atoms with Crippen LogP contribution in [-0.4, -0.2) is 16.2 Å². The number of unbranched alkanes of at least 4 members (excludes halogenated alkanes) is 1. The van der Waals surface area contributed by atoms with E-state index in [1.54, 1.807) is 0 Å². The molecule has 0 aliphatic heterocycles. The van der Waals surface area contributed by atoms with Gasteiger partial charge in [-0.3, -0.25) is 0 Å². The molecule has 0 saturated carbocycles. The van der Waals surface area contributed by atoms with E-state index in [2.05, 4.69) is 92.1 Å². The molecule has 0 aliphatic rings. The van der Waals surface area contributed by atoms with Gasteiger partial charge in [0.25, 0.3) is 0 Å². The van der Waals surface area contributed by atoms with Crippen LogP contribution in [0.5, 0.6) is 5.75 Å². The van der Waals surface area contributed by atoms with Crippen molar-refractivity contribution in [3.05, 3.63) is 83.4 Å². The van der Waals surface area contributed by atoms with Crippen molar-refractivity contribution in [3.63, 3.8) is 0 Å². The second-order valence-corrected chi connectivity index (χ2v) is 7.82. The van der Waals surface area contributed by atoms with E-state index >= 15 is 0 Å². The van der Waals surface area contributed by atoms with Crippen LogP contribution in [0.25, 0.3) is 22.4 Å². The van der Waals surface area contributed by atoms with Crippen LogP contribution in [-0.2, 0) is 6.54 Å². The van der Waals surface area contributed by atoms with Gasteiger partial charge in [0.1, 0.15) is 11.6 Å². The molecule has 0 spiro atoms. The number of hydrogen-bond acceptors (Lipinski definition) is 2. The summed E-state index contributed by atoms with van der Waals surface area (Å²) in [6.07, 6.45) is 2.05. The Morgan fingerprint density at radius 3 is 2.38 bits per heavy atom. The fraction of sp³-hybridized carbons (Fsp3) is 0.269. The van der Waals surface area contributed by atoms with Crippen LogP contribution in [0.2, 0.25) is 0 Å². The van der Waals surface area contributed by atoms with E-state index in [0.717, 1.165) is 43.1 Å². The van der Waals surface area contributed by atoms with Gasteiger partial charge in [0.05, 0.1) is 17.6 Å². The lowest BCUT2D eigenvalue weighted by atomic mass is 10.1. The molecule has 0 aliphatic carbocycles. The van der Waals surface area contributed by atoms with Crippen LogP contribution in [0.4, 0.5) is 0 Å². The summed E-state index contributed by atoms with van der Waals surface area (Å²) in [4.78, 5) is 4.92. The highest BCUT2D eigenvalue weighted by atomic mass is 16.5. The number of ether oxygens (including phenoxy) is 1. The van der Waals surface area contributed by atoms with Crippen molar-refractivity contribution < 1.29 is 4.74 Å². The normalized spacial score (nSPS) is 11.1. The van der Waals surface area contributed by atoms with Crippen LogP contribution in [0, 0.1) is 20.8 Å². The Kier molecular flexibility index (Phi) is 5.66. The van der Waals surface area contributed by atoms with Gasteiger partial charge < -0.3 is 9.30 Å². The fourth-order valence-electron chi connectivity index (χ4n) is 3.88. The zero-order valence-corrected chi connectivity index (χ0v) is 17.5. The lowest BCUT2D eigenvalue weighted by Crippen LogP contribution is -2.04. The van der Waals surface area contributed by atoms with Crippen LogP contribution < -0.4 is 4.74 Å². The minimum Gasteiger partial charge on any atom is -0.494 e. The van der Waals surface area contributed by atoms with E-state index in [0.29, 0.717) is 0 Å². The number of benzene rings is 3. The Hall–Kier alpha value is -3.07. The molecule has 0 N–H and O–H groups in total. The zero-order chi connectivity index (χ0) is 20.2. The van der Waals surface area contributed by atoms with Crippen molar-refractivity contribution in [1.82, 2.24) is 9.55 Å². The summed E-state index contributed by atoms with van der Waals surface area (Å²) in [6, 6.07) is 23.4. The molecular weight excluding hydrogens is 356 g/mol. The van der Waals surface area contributed by atoms with E-state index in [9.17, 15) is 0 Å². The van der Waals surface area contributed by atoms with Crippen molar-refractivity contribution >= 4 is 11.0 Å². The van der Waals surface area contributed by atoms with Crippen LogP contribution in [0.1, 0.15) is 29.5 Å². The second-order valence-electron chi connectivity index (χ2n) is 7.82. The molecule has 0 radical (unpaired) electrons. The zero-order valence-electron chi connectivity index (χ0n) is 17.5. The first-order valence-electron chi connectivity index (χ1n) is 10.3. The van der Waals surface area contributed by atoms with Crippen molar-refractivity contribution in [2.45, 2.75) is 40.2 Å². The number of rotatable bonds is 7. The minimum atomic E-state index is 0.731. The standard InChI is InChI=1S/C26H28N2O/c1-19-9-8-10-22(16-19)26-27-24-11-4-5-12-25(24)28(26)13-6-7-14-29-23-17-20(2)15-21(3)18-23/h4-5,8-12,15-18H,6-7,13-14H2,1-3H3. The average Bonchev–Trinajstić information content (AvgIpc) is 3.06. The Balaban J connectivity index is 1.46. The van der Waals surface area contributed by atoms with Gasteiger partial charge in [-0.2, -0.15) is 0 Å². The molecule has 3 aromatic carbocycles. The summed E-state index contributed by atoms with van der Waals surface area (Å²) in [6.45, 7) is 8.00. The number of imidazole rings is 1. The SMILES string of the molecule is Cc1cc(C)cc(OCCCCn2c(-c3cccc(C)c3)nc3ccccc32)c1. The summed E-state index contributed by atoms with van der Waals surface area (Å²) in [5.41, 5.74) is 7.16. The van der Waals surface area contributed by atoms with Crippen molar-refractivity contribution in [3.8, 4) is 17.1 Å². The van der Waals surface area contributed by atoms with Gasteiger partial charge in [0.2, 0.25) is 0 Å². The van der Waals surface area contributed by atoms with E-state index in [-0.39, 0.29) is 0 Å². The largest absolute Gasteiger partial charge is 0.494 e. The number of fused-ring (bicyclic) bond motifs is 1. The number of para-hydroxylation sites is 2. The molecular formula is C26H28N2O. The van der Waals surface area contributed by atoms with Gasteiger partial charge in [0.15, 0.2) is 0 Å². The maximum atomic E-state index is 5.98. The Morgan fingerprint density at radius 2 is 1.59 bits per heavy atom. The predicted molar refractivity (Wildman–Crippen MR) is 121 cm³/mol. The molecule has 0 atom stereocenters. The number of aryl methyl sites for hydroxylation is 4. The molecule has 148 valence electrons. The summed E-state index contributed by atoms with van der Waals surface area (Å²) >= 11 is 0. The molecule has 0 bridgehead atoms. The third-order valence-electron chi connectivity index (χ3n) is 5.17. The molecule has 1 aromatic heterocycles. The number of hydrogen-bond donors (Lipinski definition) is 0. The molecule has 3 heteroatoms. The number of aromatic nitrogens is 2. The summed E-state index contributed by atoms with van der Waals surface area (Å²) in [5, 5.41) is 0. The fourth-order valence-corrected chi connectivity index (χ4v) is 3.88. The van der Waals surface area contributed by atoms with E-state index in [1.807, 2.05) is 0 Å². The van der Waals surface area contributed by atoms with E-state index < -0.39 is 0 Å². The van der Waals surface area contributed by atoms with E-state index in [1.165, 1.54) is 27.8 Å². The smallest absolute Gasteiger partial charge is 0.141 e.